The molecule has 92 valence electrons. The fourth-order valence-electron chi connectivity index (χ4n) is 2.38. The van der Waals surface area contributed by atoms with Crippen LogP contribution in [0.4, 0.5) is 5.69 Å². The molecule has 1 aromatic carbocycles. The number of H-pyrrole nitrogens is 1. The maximum atomic E-state index is 6.02. The summed E-state index contributed by atoms with van der Waals surface area (Å²) >= 11 is 3.56. The molecule has 0 aliphatic carbocycles. The molecule has 0 aliphatic heterocycles. The Morgan fingerprint density at radius 1 is 1.39 bits per heavy atom. The van der Waals surface area contributed by atoms with Gasteiger partial charge in [-0.2, -0.15) is 5.10 Å². The highest BCUT2D eigenvalue weighted by Crippen LogP contribution is 2.37. The summed E-state index contributed by atoms with van der Waals surface area (Å²) in [6, 6.07) is 6.13. The minimum absolute atomic E-state index is 0.696. The van der Waals surface area contributed by atoms with Crippen LogP contribution < -0.4 is 5.73 Å². The zero-order valence-electron chi connectivity index (χ0n) is 10.2. The minimum Gasteiger partial charge on any atom is -0.396 e. The van der Waals surface area contributed by atoms with Gasteiger partial charge in [-0.25, -0.2) is 0 Å². The lowest BCUT2D eigenvalue weighted by molar-refractivity contribution is 0.776. The van der Waals surface area contributed by atoms with Gasteiger partial charge in [-0.3, -0.25) is 4.68 Å². The van der Waals surface area contributed by atoms with Gasteiger partial charge in [0.15, 0.2) is 0 Å². The lowest BCUT2D eigenvalue weighted by atomic mass is 10.1. The monoisotopic (exact) mass is 304 g/mol. The van der Waals surface area contributed by atoms with Gasteiger partial charge < -0.3 is 10.7 Å². The van der Waals surface area contributed by atoms with E-state index >= 15 is 0 Å². The van der Waals surface area contributed by atoms with Crippen LogP contribution >= 0.6 is 15.9 Å². The van der Waals surface area contributed by atoms with E-state index in [1.165, 1.54) is 0 Å². The molecule has 4 nitrogen and oxygen atoms in total. The van der Waals surface area contributed by atoms with Gasteiger partial charge in [0, 0.05) is 28.2 Å². The molecule has 5 heteroatoms. The Kier molecular flexibility index (Phi) is 2.45. The van der Waals surface area contributed by atoms with Crippen LogP contribution in [0.5, 0.6) is 0 Å². The summed E-state index contributed by atoms with van der Waals surface area (Å²) in [6.45, 7) is 2.05. The second-order valence-electron chi connectivity index (χ2n) is 4.36. The second kappa shape index (κ2) is 3.88. The van der Waals surface area contributed by atoms with Crippen molar-refractivity contribution in [2.45, 2.75) is 6.92 Å². The van der Waals surface area contributed by atoms with Gasteiger partial charge in [0.2, 0.25) is 0 Å². The highest BCUT2D eigenvalue weighted by molar-refractivity contribution is 9.10. The fourth-order valence-corrected chi connectivity index (χ4v) is 2.84. The Hall–Kier alpha value is -1.75. The standard InChI is InChI=1S/C13H13BrN4/c1-7-11(13-10(15)6-16-18(13)2)8-4-3-5-9(14)12(8)17-7/h3-6,17H,15H2,1-2H3. The average Bonchev–Trinajstić information content (AvgIpc) is 2.81. The summed E-state index contributed by atoms with van der Waals surface area (Å²) in [7, 11) is 1.90. The number of anilines is 1. The van der Waals surface area contributed by atoms with Crippen LogP contribution in [-0.2, 0) is 7.05 Å². The topological polar surface area (TPSA) is 59.6 Å². The summed E-state index contributed by atoms with van der Waals surface area (Å²) in [5.41, 5.74) is 11.0. The number of hydrogen-bond donors (Lipinski definition) is 2. The number of rotatable bonds is 1. The summed E-state index contributed by atoms with van der Waals surface area (Å²) in [5, 5.41) is 5.36. The molecule has 18 heavy (non-hydrogen) atoms. The number of fused-ring (bicyclic) bond motifs is 1. The van der Waals surface area contributed by atoms with Gasteiger partial charge in [-0.15, -0.1) is 0 Å². The van der Waals surface area contributed by atoms with Gasteiger partial charge in [0.05, 0.1) is 23.1 Å². The van der Waals surface area contributed by atoms with Crippen molar-refractivity contribution in [2.75, 3.05) is 5.73 Å². The maximum Gasteiger partial charge on any atom is 0.0932 e. The number of benzene rings is 1. The predicted octanol–water partition coefficient (Wildman–Crippen LogP) is 3.22. The predicted molar refractivity (Wildman–Crippen MR) is 77.4 cm³/mol. The SMILES string of the molecule is Cc1[nH]c2c(Br)cccc2c1-c1c(N)cnn1C. The first-order valence-electron chi connectivity index (χ1n) is 5.64. The number of nitrogens with one attached hydrogen (secondary N) is 1. The molecule has 2 heterocycles. The molecule has 0 aliphatic rings. The molecule has 0 atom stereocenters. The Balaban J connectivity index is 2.43. The van der Waals surface area contributed by atoms with E-state index in [0.29, 0.717) is 5.69 Å². The highest BCUT2D eigenvalue weighted by Gasteiger charge is 2.17. The van der Waals surface area contributed by atoms with Crippen molar-refractivity contribution < 1.29 is 0 Å². The molecule has 0 unspecified atom stereocenters. The van der Waals surface area contributed by atoms with E-state index < -0.39 is 0 Å². The summed E-state index contributed by atoms with van der Waals surface area (Å²) in [4.78, 5) is 3.39. The van der Waals surface area contributed by atoms with E-state index in [2.05, 4.69) is 32.1 Å². The highest BCUT2D eigenvalue weighted by atomic mass is 79.9. The first kappa shape index (κ1) is 11.3. The normalized spacial score (nSPS) is 11.3. The van der Waals surface area contributed by atoms with E-state index in [4.69, 9.17) is 5.73 Å². The Labute approximate surface area is 113 Å². The lowest BCUT2D eigenvalue weighted by Gasteiger charge is -2.04. The third kappa shape index (κ3) is 1.47. The Morgan fingerprint density at radius 3 is 2.83 bits per heavy atom. The number of hydrogen-bond acceptors (Lipinski definition) is 2. The van der Waals surface area contributed by atoms with Crippen LogP contribution in [0.3, 0.4) is 0 Å². The van der Waals surface area contributed by atoms with Crippen molar-refractivity contribution in [3.05, 3.63) is 34.6 Å². The van der Waals surface area contributed by atoms with E-state index in [0.717, 1.165) is 32.3 Å². The number of nitrogen functional groups attached to an aromatic ring is 1. The van der Waals surface area contributed by atoms with Crippen molar-refractivity contribution in [2.24, 2.45) is 7.05 Å². The van der Waals surface area contributed by atoms with E-state index in [-0.39, 0.29) is 0 Å². The number of aromatic nitrogens is 3. The first-order valence-corrected chi connectivity index (χ1v) is 6.43. The molecule has 0 fully saturated rings. The fraction of sp³-hybridized carbons (Fsp3) is 0.154. The van der Waals surface area contributed by atoms with Crippen LogP contribution in [0.15, 0.2) is 28.9 Å². The van der Waals surface area contributed by atoms with Crippen LogP contribution in [0.1, 0.15) is 5.69 Å². The average molecular weight is 305 g/mol. The number of nitrogens with two attached hydrogens (primary N) is 1. The second-order valence-corrected chi connectivity index (χ2v) is 5.21. The summed E-state index contributed by atoms with van der Waals surface area (Å²) < 4.78 is 2.86. The van der Waals surface area contributed by atoms with Crippen molar-refractivity contribution in [1.29, 1.82) is 0 Å². The van der Waals surface area contributed by atoms with Crippen LogP contribution in [-0.4, -0.2) is 14.8 Å². The molecule has 0 spiro atoms. The van der Waals surface area contributed by atoms with Crippen LogP contribution in [0.2, 0.25) is 0 Å². The number of aromatic amines is 1. The summed E-state index contributed by atoms with van der Waals surface area (Å²) in [5.74, 6) is 0. The van der Waals surface area contributed by atoms with Crippen molar-refractivity contribution >= 4 is 32.5 Å². The molecule has 3 rings (SSSR count). The van der Waals surface area contributed by atoms with Crippen molar-refractivity contribution in [3.63, 3.8) is 0 Å². The molecule has 0 radical (unpaired) electrons. The van der Waals surface area contributed by atoms with Gasteiger partial charge in [0.25, 0.3) is 0 Å². The van der Waals surface area contributed by atoms with Gasteiger partial charge >= 0.3 is 0 Å². The van der Waals surface area contributed by atoms with E-state index in [9.17, 15) is 0 Å². The quantitative estimate of drug-likeness (QED) is 0.725. The third-order valence-corrected chi connectivity index (χ3v) is 3.84. The Morgan fingerprint density at radius 2 is 2.17 bits per heavy atom. The molecule has 2 aromatic heterocycles. The molecule has 3 N–H and O–H groups in total. The third-order valence-electron chi connectivity index (χ3n) is 3.17. The van der Waals surface area contributed by atoms with Crippen molar-refractivity contribution in [3.8, 4) is 11.3 Å². The lowest BCUT2D eigenvalue weighted by Crippen LogP contribution is -1.96. The number of para-hydroxylation sites is 1. The molecule has 0 saturated heterocycles. The molecule has 0 amide bonds. The zero-order chi connectivity index (χ0) is 12.9. The van der Waals surface area contributed by atoms with Gasteiger partial charge in [-0.1, -0.05) is 12.1 Å². The molecular formula is C13H13BrN4. The largest absolute Gasteiger partial charge is 0.396 e. The minimum atomic E-state index is 0.696. The van der Waals surface area contributed by atoms with E-state index in [1.54, 1.807) is 6.20 Å². The van der Waals surface area contributed by atoms with Crippen molar-refractivity contribution in [1.82, 2.24) is 14.8 Å². The molecule has 0 saturated carbocycles. The molecule has 3 aromatic rings. The van der Waals surface area contributed by atoms with Crippen LogP contribution in [0, 0.1) is 6.92 Å². The van der Waals surface area contributed by atoms with E-state index in [1.807, 2.05) is 30.8 Å². The van der Waals surface area contributed by atoms with Crippen LogP contribution in [0.25, 0.3) is 22.2 Å². The Bertz CT molecular complexity index is 719. The molecule has 0 bridgehead atoms. The zero-order valence-corrected chi connectivity index (χ0v) is 11.7. The molecular weight excluding hydrogens is 292 g/mol. The summed E-state index contributed by atoms with van der Waals surface area (Å²) in [6.07, 6.45) is 1.69. The smallest absolute Gasteiger partial charge is 0.0932 e. The number of halogens is 1. The van der Waals surface area contributed by atoms with Gasteiger partial charge in [0.1, 0.15) is 0 Å². The first-order chi connectivity index (χ1) is 8.59. The number of nitrogens with zero attached hydrogens (tertiary/aromatic N) is 2. The number of aryl methyl sites for hydroxylation is 2. The van der Waals surface area contributed by atoms with Gasteiger partial charge in [-0.05, 0) is 28.9 Å². The maximum absolute atomic E-state index is 6.02.